The van der Waals surface area contributed by atoms with E-state index in [0.29, 0.717) is 11.5 Å². The highest BCUT2D eigenvalue weighted by molar-refractivity contribution is 6.62. The van der Waals surface area contributed by atoms with Crippen molar-refractivity contribution in [1.29, 1.82) is 0 Å². The van der Waals surface area contributed by atoms with E-state index in [1.807, 2.05) is 19.1 Å². The third-order valence-corrected chi connectivity index (χ3v) is 6.83. The van der Waals surface area contributed by atoms with E-state index in [-0.39, 0.29) is 5.54 Å². The molecular weight excluding hydrogens is 304 g/mol. The summed E-state index contributed by atoms with van der Waals surface area (Å²) in [6.45, 7) is 3.39. The molecule has 7 heteroatoms. The number of benzene rings is 1. The Hall–Kier alpha value is -1.41. The van der Waals surface area contributed by atoms with Crippen molar-refractivity contribution < 1.29 is 27.5 Å². The Labute approximate surface area is 132 Å². The van der Waals surface area contributed by atoms with Crippen LogP contribution >= 0.6 is 0 Å². The maximum Gasteiger partial charge on any atom is 0.508 e. The van der Waals surface area contributed by atoms with Gasteiger partial charge in [0, 0.05) is 28.3 Å². The molecule has 0 radical (unpaired) electrons. The van der Waals surface area contributed by atoms with Crippen LogP contribution in [-0.4, -0.2) is 43.2 Å². The van der Waals surface area contributed by atoms with Crippen molar-refractivity contribution >= 4 is 14.8 Å². The van der Waals surface area contributed by atoms with E-state index in [1.54, 1.807) is 27.4 Å². The fourth-order valence-electron chi connectivity index (χ4n) is 2.51. The summed E-state index contributed by atoms with van der Waals surface area (Å²) >= 11 is 0. The second kappa shape index (κ2) is 8.28. The van der Waals surface area contributed by atoms with Crippen LogP contribution in [0.25, 0.3) is 0 Å². The van der Waals surface area contributed by atoms with E-state index >= 15 is 0 Å². The van der Waals surface area contributed by atoms with Crippen molar-refractivity contribution in [2.24, 2.45) is 0 Å². The van der Waals surface area contributed by atoms with Crippen LogP contribution in [0.3, 0.4) is 0 Å². The molecule has 0 aromatic heterocycles. The zero-order valence-corrected chi connectivity index (χ0v) is 15.0. The monoisotopic (exact) mass is 328 g/mol. The van der Waals surface area contributed by atoms with E-state index in [0.717, 1.165) is 12.0 Å². The summed E-state index contributed by atoms with van der Waals surface area (Å²) in [7, 11) is 3.46. The highest BCUT2D eigenvalue weighted by Gasteiger charge is 2.47. The molecule has 0 aliphatic rings. The molecule has 0 saturated heterocycles. The zero-order valence-electron chi connectivity index (χ0n) is 14.0. The lowest BCUT2D eigenvalue weighted by atomic mass is 10.1. The van der Waals surface area contributed by atoms with Gasteiger partial charge in [0.2, 0.25) is 0 Å². The van der Waals surface area contributed by atoms with Crippen LogP contribution < -0.4 is 9.47 Å². The summed E-state index contributed by atoms with van der Waals surface area (Å²) in [5.41, 5.74) is 0.903. The molecule has 1 aromatic carbocycles. The zero-order chi connectivity index (χ0) is 16.8. The average Bonchev–Trinajstić information content (AvgIpc) is 2.53. The van der Waals surface area contributed by atoms with Gasteiger partial charge in [0.25, 0.3) is 0 Å². The van der Waals surface area contributed by atoms with Gasteiger partial charge in [-0.1, -0.05) is 13.0 Å². The topological polar surface area (TPSA) is 63.2 Å². The number of carbonyl (C=O) groups excluding carboxylic acids is 1. The Balaban J connectivity index is 3.25. The van der Waals surface area contributed by atoms with Crippen molar-refractivity contribution in [1.82, 2.24) is 0 Å². The van der Waals surface area contributed by atoms with Crippen LogP contribution in [0.4, 0.5) is 0 Å². The maximum atomic E-state index is 11.1. The Morgan fingerprint density at radius 3 is 2.09 bits per heavy atom. The summed E-state index contributed by atoms with van der Waals surface area (Å²) in [5, 5.41) is 0. The van der Waals surface area contributed by atoms with E-state index < -0.39 is 14.8 Å². The van der Waals surface area contributed by atoms with Gasteiger partial charge in [-0.2, -0.15) is 0 Å². The molecule has 0 amide bonds. The SMILES string of the molecule is CCC(c1ccc(OC(C)=O)c(OC)c1)[Si](OC)(OC)OC. The second-order valence-electron chi connectivity index (χ2n) is 4.68. The quantitative estimate of drug-likeness (QED) is 0.415. The standard InChI is InChI=1S/C15H24O6Si/c1-7-15(22(18-4,19-5)20-6)12-8-9-13(21-11(2)16)14(10-12)17-3/h8-10,15H,7H2,1-6H3. The third-order valence-electron chi connectivity index (χ3n) is 3.53. The molecule has 0 aliphatic heterocycles. The van der Waals surface area contributed by atoms with Crippen molar-refractivity contribution in [2.45, 2.75) is 25.8 Å². The van der Waals surface area contributed by atoms with E-state index in [2.05, 4.69) is 0 Å². The van der Waals surface area contributed by atoms with E-state index in [1.165, 1.54) is 14.0 Å². The molecule has 6 nitrogen and oxygen atoms in total. The molecule has 0 saturated carbocycles. The molecule has 1 unspecified atom stereocenters. The molecule has 1 atom stereocenters. The molecule has 0 N–H and O–H groups in total. The first-order valence-electron chi connectivity index (χ1n) is 6.99. The van der Waals surface area contributed by atoms with Gasteiger partial charge < -0.3 is 22.8 Å². The smallest absolute Gasteiger partial charge is 0.493 e. The molecule has 0 fully saturated rings. The minimum Gasteiger partial charge on any atom is -0.493 e. The first kappa shape index (κ1) is 18.6. The molecule has 0 aliphatic carbocycles. The number of esters is 1. The predicted octanol–water partition coefficient (Wildman–Crippen LogP) is 2.53. The third kappa shape index (κ3) is 3.86. The van der Waals surface area contributed by atoms with Crippen LogP contribution in [0, 0.1) is 0 Å². The van der Waals surface area contributed by atoms with Gasteiger partial charge in [-0.15, -0.1) is 0 Å². The van der Waals surface area contributed by atoms with Crippen molar-refractivity contribution in [3.8, 4) is 11.5 Å². The highest BCUT2D eigenvalue weighted by atomic mass is 28.4. The Bertz CT molecular complexity index is 493. The first-order chi connectivity index (χ1) is 10.5. The van der Waals surface area contributed by atoms with Crippen molar-refractivity contribution in [3.05, 3.63) is 23.8 Å². The summed E-state index contributed by atoms with van der Waals surface area (Å²) in [6, 6.07) is 5.40. The molecular formula is C15H24O6Si. The minimum absolute atomic E-state index is 0.0484. The molecule has 1 aromatic rings. The van der Waals surface area contributed by atoms with Crippen LogP contribution in [0.5, 0.6) is 11.5 Å². The summed E-state index contributed by atoms with van der Waals surface area (Å²) in [5.74, 6) is 0.470. The molecule has 1 rings (SSSR count). The van der Waals surface area contributed by atoms with Crippen molar-refractivity contribution in [2.75, 3.05) is 28.4 Å². The number of ether oxygens (including phenoxy) is 2. The Morgan fingerprint density at radius 1 is 1.09 bits per heavy atom. The van der Waals surface area contributed by atoms with E-state index in [9.17, 15) is 4.79 Å². The minimum atomic E-state index is -2.84. The summed E-state index contributed by atoms with van der Waals surface area (Å²) < 4.78 is 27.2. The maximum absolute atomic E-state index is 11.1. The number of carbonyl (C=O) groups is 1. The summed E-state index contributed by atoms with van der Waals surface area (Å²) in [4.78, 5) is 11.1. The van der Waals surface area contributed by atoms with Gasteiger partial charge in [-0.05, 0) is 24.1 Å². The fourth-order valence-corrected chi connectivity index (χ4v) is 4.95. The number of methoxy groups -OCH3 is 1. The second-order valence-corrected chi connectivity index (χ2v) is 7.81. The van der Waals surface area contributed by atoms with Crippen LogP contribution in [0.1, 0.15) is 31.4 Å². The number of rotatable bonds is 8. The van der Waals surface area contributed by atoms with Gasteiger partial charge in [-0.25, -0.2) is 0 Å². The Morgan fingerprint density at radius 2 is 1.68 bits per heavy atom. The molecule has 0 bridgehead atoms. The number of hydrogen-bond acceptors (Lipinski definition) is 6. The lowest BCUT2D eigenvalue weighted by Crippen LogP contribution is -2.49. The van der Waals surface area contributed by atoms with Gasteiger partial charge in [0.15, 0.2) is 11.5 Å². The lowest BCUT2D eigenvalue weighted by molar-refractivity contribution is -0.132. The number of hydrogen-bond donors (Lipinski definition) is 0. The largest absolute Gasteiger partial charge is 0.508 e. The van der Waals surface area contributed by atoms with Crippen LogP contribution in [0.15, 0.2) is 18.2 Å². The van der Waals surface area contributed by atoms with Gasteiger partial charge in [-0.3, -0.25) is 4.79 Å². The van der Waals surface area contributed by atoms with Gasteiger partial charge >= 0.3 is 14.8 Å². The van der Waals surface area contributed by atoms with Crippen molar-refractivity contribution in [3.63, 3.8) is 0 Å². The Kier molecular flexibility index (Phi) is 7.01. The van der Waals surface area contributed by atoms with Gasteiger partial charge in [0.05, 0.1) is 12.7 Å². The molecule has 0 spiro atoms. The van der Waals surface area contributed by atoms with Crippen LogP contribution in [0.2, 0.25) is 0 Å². The first-order valence-corrected chi connectivity index (χ1v) is 8.79. The van der Waals surface area contributed by atoms with E-state index in [4.69, 9.17) is 22.8 Å². The summed E-state index contributed by atoms with van der Waals surface area (Å²) in [6.07, 6.45) is 0.776. The molecule has 0 heterocycles. The normalized spacial score (nSPS) is 12.8. The fraction of sp³-hybridized carbons (Fsp3) is 0.533. The van der Waals surface area contributed by atoms with Crippen LogP contribution in [-0.2, 0) is 18.1 Å². The predicted molar refractivity (Wildman–Crippen MR) is 84.1 cm³/mol. The molecule has 124 valence electrons. The highest BCUT2D eigenvalue weighted by Crippen LogP contribution is 2.36. The lowest BCUT2D eigenvalue weighted by Gasteiger charge is -2.32. The average molecular weight is 328 g/mol. The van der Waals surface area contributed by atoms with Gasteiger partial charge in [0.1, 0.15) is 0 Å². The molecule has 22 heavy (non-hydrogen) atoms.